The molecule has 0 heterocycles. The lowest BCUT2D eigenvalue weighted by Crippen LogP contribution is -2.12. The topological polar surface area (TPSA) is 75.3 Å². The van der Waals surface area contributed by atoms with E-state index < -0.39 is 10.0 Å². The highest BCUT2D eigenvalue weighted by atomic mass is 32.2. The van der Waals surface area contributed by atoms with Gasteiger partial charge in [-0.25, -0.2) is 8.42 Å². The second kappa shape index (κ2) is 9.45. The second-order valence-corrected chi connectivity index (χ2v) is 8.57. The molecule has 0 aliphatic carbocycles. The van der Waals surface area contributed by atoms with Crippen molar-refractivity contribution in [2.24, 2.45) is 0 Å². The predicted molar refractivity (Wildman–Crippen MR) is 121 cm³/mol. The van der Waals surface area contributed by atoms with Crippen LogP contribution in [0.5, 0.6) is 0 Å². The molecule has 3 aromatic rings. The normalized spacial score (nSPS) is 11.3. The number of nitrogens with one attached hydrogen (secondary N) is 2. The molecule has 148 valence electrons. The average molecular weight is 425 g/mol. The number of benzene rings is 3. The van der Waals surface area contributed by atoms with Crippen LogP contribution in [0.4, 0.5) is 11.4 Å². The van der Waals surface area contributed by atoms with E-state index in [0.717, 1.165) is 15.9 Å². The van der Waals surface area contributed by atoms with Gasteiger partial charge in [0.15, 0.2) is 0 Å². The highest BCUT2D eigenvalue weighted by Gasteiger charge is 2.09. The number of hydrogen-bond acceptors (Lipinski definition) is 4. The van der Waals surface area contributed by atoms with Crippen molar-refractivity contribution in [2.45, 2.75) is 4.90 Å². The van der Waals surface area contributed by atoms with Gasteiger partial charge >= 0.3 is 0 Å². The van der Waals surface area contributed by atoms with Crippen molar-refractivity contribution >= 4 is 45.1 Å². The molecule has 3 aromatic carbocycles. The zero-order valence-electron chi connectivity index (χ0n) is 15.7. The van der Waals surface area contributed by atoms with Gasteiger partial charge in [0.1, 0.15) is 0 Å². The molecule has 0 spiro atoms. The first-order valence-corrected chi connectivity index (χ1v) is 11.5. The third-order valence-corrected chi connectivity index (χ3v) is 5.75. The first-order chi connectivity index (χ1) is 13.9. The van der Waals surface area contributed by atoms with E-state index in [9.17, 15) is 13.2 Å². The quantitative estimate of drug-likeness (QED) is 0.519. The first kappa shape index (κ1) is 20.7. The zero-order valence-corrected chi connectivity index (χ0v) is 17.3. The van der Waals surface area contributed by atoms with Crippen LogP contribution in [0.3, 0.4) is 0 Å². The summed E-state index contributed by atoms with van der Waals surface area (Å²) in [6, 6.07) is 23.0. The van der Waals surface area contributed by atoms with Crippen LogP contribution in [0.2, 0.25) is 0 Å². The van der Waals surface area contributed by atoms with E-state index in [-0.39, 0.29) is 5.91 Å². The summed E-state index contributed by atoms with van der Waals surface area (Å²) in [5.74, 6) is -0.264. The highest BCUT2D eigenvalue weighted by molar-refractivity contribution is 7.98. The molecule has 0 aliphatic heterocycles. The van der Waals surface area contributed by atoms with Crippen LogP contribution in [-0.4, -0.2) is 20.6 Å². The van der Waals surface area contributed by atoms with Crippen molar-refractivity contribution in [3.63, 3.8) is 0 Å². The minimum atomic E-state index is -3.65. The molecule has 0 saturated carbocycles. The molecule has 7 heteroatoms. The van der Waals surface area contributed by atoms with Crippen molar-refractivity contribution < 1.29 is 13.2 Å². The molecule has 0 atom stereocenters. The fourth-order valence-corrected chi connectivity index (χ4v) is 3.78. The van der Waals surface area contributed by atoms with Gasteiger partial charge in [-0.15, -0.1) is 11.8 Å². The summed E-state index contributed by atoms with van der Waals surface area (Å²) in [5.41, 5.74) is 2.30. The molecule has 3 rings (SSSR count). The van der Waals surface area contributed by atoms with E-state index in [4.69, 9.17) is 0 Å². The van der Waals surface area contributed by atoms with Crippen molar-refractivity contribution in [1.29, 1.82) is 0 Å². The Kier molecular flexibility index (Phi) is 6.74. The molecule has 2 N–H and O–H groups in total. The van der Waals surface area contributed by atoms with Crippen LogP contribution in [-0.2, 0) is 10.0 Å². The van der Waals surface area contributed by atoms with Crippen LogP contribution < -0.4 is 10.0 Å². The summed E-state index contributed by atoms with van der Waals surface area (Å²) in [6.45, 7) is 0. The van der Waals surface area contributed by atoms with Crippen LogP contribution >= 0.6 is 11.8 Å². The molecule has 0 unspecified atom stereocenters. The Morgan fingerprint density at radius 3 is 2.10 bits per heavy atom. The minimum absolute atomic E-state index is 0.264. The first-order valence-electron chi connectivity index (χ1n) is 8.77. The van der Waals surface area contributed by atoms with Crippen LogP contribution in [0.15, 0.2) is 89.2 Å². The Hall–Kier alpha value is -3.03. The molecule has 0 fully saturated rings. The summed E-state index contributed by atoms with van der Waals surface area (Å²) in [5, 5.41) is 3.93. The van der Waals surface area contributed by atoms with Gasteiger partial charge in [-0.2, -0.15) is 0 Å². The molecule has 29 heavy (non-hydrogen) atoms. The van der Waals surface area contributed by atoms with Gasteiger partial charge in [0.05, 0.1) is 5.41 Å². The van der Waals surface area contributed by atoms with Crippen LogP contribution in [0.1, 0.15) is 15.9 Å². The lowest BCUT2D eigenvalue weighted by molar-refractivity contribution is 0.102. The molecular formula is C22H20N2O3S2. The molecule has 0 radical (unpaired) electrons. The van der Waals surface area contributed by atoms with Gasteiger partial charge in [-0.3, -0.25) is 9.52 Å². The fourth-order valence-electron chi connectivity index (χ4n) is 2.50. The maximum atomic E-state index is 12.4. The van der Waals surface area contributed by atoms with Crippen molar-refractivity contribution in [3.8, 4) is 0 Å². The molecule has 1 amide bonds. The minimum Gasteiger partial charge on any atom is -0.322 e. The summed E-state index contributed by atoms with van der Waals surface area (Å²) in [6.07, 6.45) is 3.51. The van der Waals surface area contributed by atoms with Gasteiger partial charge in [-0.1, -0.05) is 30.3 Å². The number of sulfonamides is 1. The number of rotatable bonds is 7. The largest absolute Gasteiger partial charge is 0.322 e. The number of amides is 1. The standard InChI is InChI=1S/C22H20N2O3S2/c1-28-21-13-11-19(12-14-21)23-22(25)18-7-9-20(10-8-18)24-29(26,27)16-15-17-5-3-2-4-6-17/h2-16,24H,1H3,(H,23,25)/b16-15+. The fraction of sp³-hybridized carbons (Fsp3) is 0.0455. The molecule has 0 saturated heterocycles. The molecule has 0 aliphatic rings. The van der Waals surface area contributed by atoms with Gasteiger partial charge in [0.2, 0.25) is 0 Å². The van der Waals surface area contributed by atoms with Gasteiger partial charge in [0.25, 0.3) is 15.9 Å². The Balaban J connectivity index is 1.63. The Morgan fingerprint density at radius 2 is 1.48 bits per heavy atom. The number of carbonyl (C=O) groups excluding carboxylic acids is 1. The second-order valence-electron chi connectivity index (χ2n) is 6.12. The summed E-state index contributed by atoms with van der Waals surface area (Å²) < 4.78 is 26.9. The summed E-state index contributed by atoms with van der Waals surface area (Å²) in [4.78, 5) is 13.5. The van der Waals surface area contributed by atoms with Crippen molar-refractivity contribution in [3.05, 3.63) is 95.4 Å². The van der Waals surface area contributed by atoms with E-state index in [1.807, 2.05) is 60.9 Å². The number of anilines is 2. The van der Waals surface area contributed by atoms with Crippen molar-refractivity contribution in [1.82, 2.24) is 0 Å². The van der Waals surface area contributed by atoms with E-state index >= 15 is 0 Å². The van der Waals surface area contributed by atoms with Gasteiger partial charge < -0.3 is 5.32 Å². The Morgan fingerprint density at radius 1 is 0.862 bits per heavy atom. The number of carbonyl (C=O) groups is 1. The van der Waals surface area contributed by atoms with E-state index in [2.05, 4.69) is 10.0 Å². The zero-order chi connectivity index (χ0) is 20.7. The lowest BCUT2D eigenvalue weighted by atomic mass is 10.2. The smallest absolute Gasteiger partial charge is 0.255 e. The highest BCUT2D eigenvalue weighted by Crippen LogP contribution is 2.19. The molecule has 0 aromatic heterocycles. The summed E-state index contributed by atoms with van der Waals surface area (Å²) in [7, 11) is -3.65. The van der Waals surface area contributed by atoms with Gasteiger partial charge in [0, 0.05) is 21.8 Å². The predicted octanol–water partition coefficient (Wildman–Crippen LogP) is 5.07. The van der Waals surface area contributed by atoms with E-state index in [1.165, 1.54) is 6.08 Å². The summed E-state index contributed by atoms with van der Waals surface area (Å²) >= 11 is 1.63. The van der Waals surface area contributed by atoms with E-state index in [1.54, 1.807) is 36.0 Å². The monoisotopic (exact) mass is 424 g/mol. The van der Waals surface area contributed by atoms with Crippen LogP contribution in [0.25, 0.3) is 6.08 Å². The molecule has 0 bridgehead atoms. The third-order valence-electron chi connectivity index (χ3n) is 3.99. The van der Waals surface area contributed by atoms with Crippen molar-refractivity contribution in [2.75, 3.05) is 16.3 Å². The van der Waals surface area contributed by atoms with Gasteiger partial charge in [-0.05, 0) is 66.4 Å². The molecular weight excluding hydrogens is 404 g/mol. The lowest BCUT2D eigenvalue weighted by Gasteiger charge is -2.08. The number of thioether (sulfide) groups is 1. The Labute approximate surface area is 174 Å². The average Bonchev–Trinajstić information content (AvgIpc) is 2.74. The third kappa shape index (κ3) is 6.23. The maximum absolute atomic E-state index is 12.4. The maximum Gasteiger partial charge on any atom is 0.255 e. The van der Waals surface area contributed by atoms with Crippen LogP contribution in [0, 0.1) is 0 Å². The number of hydrogen-bond donors (Lipinski definition) is 2. The van der Waals surface area contributed by atoms with E-state index in [0.29, 0.717) is 16.9 Å². The SMILES string of the molecule is CSc1ccc(NC(=O)c2ccc(NS(=O)(=O)/C=C/c3ccccc3)cc2)cc1. The Bertz CT molecular complexity index is 1090. The molecule has 5 nitrogen and oxygen atoms in total.